The van der Waals surface area contributed by atoms with Gasteiger partial charge in [0.15, 0.2) is 5.69 Å². The van der Waals surface area contributed by atoms with Gasteiger partial charge in [-0.05, 0) is 12.8 Å². The lowest BCUT2D eigenvalue weighted by Gasteiger charge is -2.10. The highest BCUT2D eigenvalue weighted by atomic mass is 32.1. The highest BCUT2D eigenvalue weighted by Crippen LogP contribution is 2.42. The Bertz CT molecular complexity index is 1090. The van der Waals surface area contributed by atoms with Gasteiger partial charge < -0.3 is 0 Å². The first-order valence-electron chi connectivity index (χ1n) is 8.13. The van der Waals surface area contributed by atoms with E-state index in [9.17, 15) is 31.1 Å². The molecule has 13 heteroatoms. The Morgan fingerprint density at radius 3 is 2.50 bits per heavy atom. The van der Waals surface area contributed by atoms with Crippen LogP contribution in [0.2, 0.25) is 0 Å². The molecule has 0 saturated heterocycles. The number of fused-ring (bicyclic) bond motifs is 1. The van der Waals surface area contributed by atoms with Gasteiger partial charge in [-0.25, -0.2) is 4.98 Å². The molecule has 0 bridgehead atoms. The van der Waals surface area contributed by atoms with Gasteiger partial charge in [0.2, 0.25) is 4.96 Å². The zero-order valence-electron chi connectivity index (χ0n) is 13.9. The SMILES string of the molecule is O=c1c(-c2cnn(CCC(F)(F)F)c2)c(C(F)(F)F)nc2sc(C3CC3)nn12. The molecule has 0 unspecified atom stereocenters. The number of aryl methyl sites for hydroxylation is 1. The molecule has 0 atom stereocenters. The fourth-order valence-corrected chi connectivity index (χ4v) is 3.74. The van der Waals surface area contributed by atoms with E-state index >= 15 is 0 Å². The molecule has 3 aromatic rings. The number of aromatic nitrogens is 5. The fourth-order valence-electron chi connectivity index (χ4n) is 2.68. The van der Waals surface area contributed by atoms with Gasteiger partial charge in [-0.3, -0.25) is 9.48 Å². The van der Waals surface area contributed by atoms with Gasteiger partial charge in [0, 0.05) is 24.2 Å². The molecule has 1 aliphatic rings. The van der Waals surface area contributed by atoms with Crippen molar-refractivity contribution >= 4 is 16.3 Å². The molecule has 0 aliphatic heterocycles. The standard InChI is InChI=1S/C15H11F6N5OS/c16-14(17,18)3-4-25-6-8(5-22-25)9-10(15(19,20)21)23-13-26(12(9)27)24-11(28-13)7-1-2-7/h5-7H,1-4H2. The van der Waals surface area contributed by atoms with E-state index in [0.29, 0.717) is 5.01 Å². The molecule has 6 nitrogen and oxygen atoms in total. The second-order valence-corrected chi connectivity index (χ2v) is 7.39. The number of hydrogen-bond acceptors (Lipinski definition) is 5. The van der Waals surface area contributed by atoms with Crippen molar-refractivity contribution in [3.8, 4) is 11.1 Å². The van der Waals surface area contributed by atoms with Crippen LogP contribution in [-0.2, 0) is 12.7 Å². The predicted molar refractivity (Wildman–Crippen MR) is 86.0 cm³/mol. The Kier molecular flexibility index (Phi) is 4.25. The van der Waals surface area contributed by atoms with Crippen LogP contribution in [0.5, 0.6) is 0 Å². The molecule has 4 rings (SSSR count). The molecule has 1 saturated carbocycles. The predicted octanol–water partition coefficient (Wildman–Crippen LogP) is 3.86. The van der Waals surface area contributed by atoms with E-state index in [1.807, 2.05) is 0 Å². The molecule has 0 N–H and O–H groups in total. The van der Waals surface area contributed by atoms with Crippen molar-refractivity contribution in [2.75, 3.05) is 0 Å². The van der Waals surface area contributed by atoms with Crippen LogP contribution >= 0.6 is 11.3 Å². The van der Waals surface area contributed by atoms with Gasteiger partial charge in [-0.1, -0.05) is 11.3 Å². The summed E-state index contributed by atoms with van der Waals surface area (Å²) in [5, 5.41) is 8.25. The lowest BCUT2D eigenvalue weighted by molar-refractivity contribution is -0.140. The zero-order valence-corrected chi connectivity index (χ0v) is 14.7. The first kappa shape index (κ1) is 18.9. The van der Waals surface area contributed by atoms with E-state index in [-0.39, 0.29) is 16.4 Å². The third-order valence-electron chi connectivity index (χ3n) is 4.17. The third-order valence-corrected chi connectivity index (χ3v) is 5.24. The van der Waals surface area contributed by atoms with Gasteiger partial charge in [-0.15, -0.1) is 0 Å². The summed E-state index contributed by atoms with van der Waals surface area (Å²) in [6.45, 7) is -0.579. The molecule has 0 aromatic carbocycles. The molecular weight excluding hydrogens is 412 g/mol. The zero-order chi connectivity index (χ0) is 20.3. The van der Waals surface area contributed by atoms with Gasteiger partial charge in [0.1, 0.15) is 5.01 Å². The maximum Gasteiger partial charge on any atom is 0.434 e. The molecule has 3 aromatic heterocycles. The van der Waals surface area contributed by atoms with Crippen LogP contribution in [0.3, 0.4) is 0 Å². The number of alkyl halides is 6. The summed E-state index contributed by atoms with van der Waals surface area (Å²) in [6.07, 6.45) is -6.99. The number of nitrogens with zero attached hydrogens (tertiary/aromatic N) is 5. The minimum atomic E-state index is -4.93. The Morgan fingerprint density at radius 1 is 1.18 bits per heavy atom. The van der Waals surface area contributed by atoms with Gasteiger partial charge in [-0.2, -0.15) is 41.1 Å². The molecule has 3 heterocycles. The van der Waals surface area contributed by atoms with Crippen LogP contribution in [0.1, 0.15) is 35.9 Å². The number of hydrogen-bond donors (Lipinski definition) is 0. The summed E-state index contributed by atoms with van der Waals surface area (Å²) in [6, 6.07) is 0. The van der Waals surface area contributed by atoms with E-state index in [1.165, 1.54) is 0 Å². The molecule has 0 radical (unpaired) electrons. The van der Waals surface area contributed by atoms with Crippen LogP contribution in [0.15, 0.2) is 17.2 Å². The monoisotopic (exact) mass is 423 g/mol. The van der Waals surface area contributed by atoms with Crippen molar-refractivity contribution in [2.45, 2.75) is 44.1 Å². The van der Waals surface area contributed by atoms with Gasteiger partial charge in [0.05, 0.1) is 18.2 Å². The van der Waals surface area contributed by atoms with E-state index in [4.69, 9.17) is 0 Å². The average Bonchev–Trinajstić information content (AvgIpc) is 3.16. The molecule has 1 fully saturated rings. The van der Waals surface area contributed by atoms with E-state index in [1.54, 1.807) is 0 Å². The lowest BCUT2D eigenvalue weighted by atomic mass is 10.1. The molecular formula is C15H11F6N5OS. The van der Waals surface area contributed by atoms with Crippen molar-refractivity contribution in [1.82, 2.24) is 24.4 Å². The lowest BCUT2D eigenvalue weighted by Crippen LogP contribution is -2.24. The maximum atomic E-state index is 13.5. The van der Waals surface area contributed by atoms with E-state index < -0.39 is 42.1 Å². The minimum absolute atomic E-state index is 0.119. The summed E-state index contributed by atoms with van der Waals surface area (Å²) < 4.78 is 79.3. The Balaban J connectivity index is 1.82. The van der Waals surface area contributed by atoms with E-state index in [0.717, 1.165) is 45.8 Å². The van der Waals surface area contributed by atoms with Crippen LogP contribution in [0.25, 0.3) is 16.1 Å². The second-order valence-electron chi connectivity index (χ2n) is 6.40. The summed E-state index contributed by atoms with van der Waals surface area (Å²) in [7, 11) is 0. The molecule has 28 heavy (non-hydrogen) atoms. The van der Waals surface area contributed by atoms with Crippen LogP contribution < -0.4 is 5.56 Å². The molecule has 0 spiro atoms. The summed E-state index contributed by atoms with van der Waals surface area (Å²) in [5.41, 5.74) is -3.48. The van der Waals surface area contributed by atoms with Crippen molar-refractivity contribution in [1.29, 1.82) is 0 Å². The quantitative estimate of drug-likeness (QED) is 0.598. The Labute approximate surface area is 156 Å². The Hall–Kier alpha value is -2.44. The van der Waals surface area contributed by atoms with Crippen LogP contribution in [-0.4, -0.2) is 30.6 Å². The topological polar surface area (TPSA) is 65.1 Å². The highest BCUT2D eigenvalue weighted by molar-refractivity contribution is 7.16. The summed E-state index contributed by atoms with van der Waals surface area (Å²) >= 11 is 0.927. The highest BCUT2D eigenvalue weighted by Gasteiger charge is 2.39. The van der Waals surface area contributed by atoms with E-state index in [2.05, 4.69) is 15.2 Å². The smallest absolute Gasteiger partial charge is 0.272 e. The van der Waals surface area contributed by atoms with Gasteiger partial charge in [0.25, 0.3) is 5.56 Å². The van der Waals surface area contributed by atoms with Crippen LogP contribution in [0, 0.1) is 0 Å². The first-order valence-corrected chi connectivity index (χ1v) is 8.95. The summed E-state index contributed by atoms with van der Waals surface area (Å²) in [5.74, 6) is 0.119. The maximum absolute atomic E-state index is 13.5. The summed E-state index contributed by atoms with van der Waals surface area (Å²) in [4.78, 5) is 16.1. The third kappa shape index (κ3) is 3.62. The molecule has 150 valence electrons. The van der Waals surface area contributed by atoms with Crippen molar-refractivity contribution < 1.29 is 26.3 Å². The molecule has 1 aliphatic carbocycles. The first-order chi connectivity index (χ1) is 13.0. The number of rotatable bonds is 4. The van der Waals surface area contributed by atoms with Crippen molar-refractivity contribution in [2.24, 2.45) is 0 Å². The normalized spacial score (nSPS) is 15.5. The van der Waals surface area contributed by atoms with Crippen molar-refractivity contribution in [3.63, 3.8) is 0 Å². The minimum Gasteiger partial charge on any atom is -0.272 e. The van der Waals surface area contributed by atoms with Crippen LogP contribution in [0.4, 0.5) is 26.3 Å². The molecule has 0 amide bonds. The fraction of sp³-hybridized carbons (Fsp3) is 0.467. The second kappa shape index (κ2) is 6.29. The Morgan fingerprint density at radius 2 is 1.89 bits per heavy atom. The largest absolute Gasteiger partial charge is 0.434 e. The number of halogens is 6. The van der Waals surface area contributed by atoms with Crippen molar-refractivity contribution in [3.05, 3.63) is 33.4 Å². The van der Waals surface area contributed by atoms with Gasteiger partial charge >= 0.3 is 12.4 Å². The average molecular weight is 423 g/mol.